The van der Waals surface area contributed by atoms with Gasteiger partial charge in [0.05, 0.1) is 5.69 Å². The summed E-state index contributed by atoms with van der Waals surface area (Å²) in [5, 5.41) is 0. The van der Waals surface area contributed by atoms with Gasteiger partial charge in [-0.05, 0) is 12.1 Å². The van der Waals surface area contributed by atoms with Crippen LogP contribution in [0.25, 0.3) is 0 Å². The number of amides is 1. The Morgan fingerprint density at radius 1 is 1.08 bits per heavy atom. The molecule has 0 N–H and O–H groups in total. The number of nitrogens with zero attached hydrogens (tertiary/aromatic N) is 2. The molecule has 1 heterocycles. The van der Waals surface area contributed by atoms with Crippen LogP contribution < -0.4 is 9.64 Å². The number of para-hydroxylation sites is 2. The van der Waals surface area contributed by atoms with E-state index >= 15 is 0 Å². The molecular formula is C14H14Cl3F3N2O2. The first-order chi connectivity index (χ1) is 11.1. The van der Waals surface area contributed by atoms with E-state index in [0.717, 1.165) is 0 Å². The molecule has 10 heteroatoms. The molecule has 0 unspecified atom stereocenters. The second kappa shape index (κ2) is 7.45. The SMILES string of the molecule is O=C(N1CCN(c2ccccc2OCC(F)(F)F)CC1)C(Cl)(Cl)Cl. The molecule has 134 valence electrons. The summed E-state index contributed by atoms with van der Waals surface area (Å²) in [7, 11) is 0. The Hall–Kier alpha value is -1.05. The normalized spacial score (nSPS) is 16.2. The van der Waals surface area contributed by atoms with Crippen molar-refractivity contribution >= 4 is 46.4 Å². The largest absolute Gasteiger partial charge is 0.482 e. The highest BCUT2D eigenvalue weighted by Gasteiger charge is 2.36. The summed E-state index contributed by atoms with van der Waals surface area (Å²) in [6, 6.07) is 6.44. The lowest BCUT2D eigenvalue weighted by atomic mass is 10.2. The highest BCUT2D eigenvalue weighted by Crippen LogP contribution is 2.32. The number of hydrogen-bond acceptors (Lipinski definition) is 3. The number of alkyl halides is 6. The maximum absolute atomic E-state index is 12.3. The van der Waals surface area contributed by atoms with Gasteiger partial charge in [-0.1, -0.05) is 46.9 Å². The molecule has 1 fully saturated rings. The van der Waals surface area contributed by atoms with Crippen molar-refractivity contribution in [3.63, 3.8) is 0 Å². The zero-order chi connectivity index (χ0) is 18.0. The van der Waals surface area contributed by atoms with E-state index < -0.39 is 22.5 Å². The van der Waals surface area contributed by atoms with Crippen LogP contribution in [0.2, 0.25) is 0 Å². The van der Waals surface area contributed by atoms with E-state index in [0.29, 0.717) is 31.9 Å². The average Bonchev–Trinajstić information content (AvgIpc) is 2.51. The van der Waals surface area contributed by atoms with Crippen LogP contribution in [-0.4, -0.2) is 53.6 Å². The second-order valence-corrected chi connectivity index (χ2v) is 7.43. The Bertz CT molecular complexity index is 585. The summed E-state index contributed by atoms with van der Waals surface area (Å²) < 4.78 is 39.9. The zero-order valence-corrected chi connectivity index (χ0v) is 14.6. The molecule has 1 aliphatic heterocycles. The average molecular weight is 406 g/mol. The summed E-state index contributed by atoms with van der Waals surface area (Å²) in [6.07, 6.45) is -4.41. The molecule has 1 aromatic carbocycles. The Labute approximate surface area is 152 Å². The van der Waals surface area contributed by atoms with Crippen molar-refractivity contribution in [2.45, 2.75) is 9.97 Å². The van der Waals surface area contributed by atoms with Crippen LogP contribution in [0.5, 0.6) is 5.75 Å². The van der Waals surface area contributed by atoms with E-state index in [1.165, 1.54) is 11.0 Å². The number of carbonyl (C=O) groups excluding carboxylic acids is 1. The smallest absolute Gasteiger partial charge is 0.422 e. The predicted octanol–water partition coefficient (Wildman–Crippen LogP) is 3.65. The second-order valence-electron chi connectivity index (χ2n) is 5.15. The maximum atomic E-state index is 12.3. The van der Waals surface area contributed by atoms with E-state index in [-0.39, 0.29) is 5.75 Å². The topological polar surface area (TPSA) is 32.8 Å². The first-order valence-corrected chi connectivity index (χ1v) is 8.11. The third-order valence-corrected chi connectivity index (χ3v) is 3.89. The maximum Gasteiger partial charge on any atom is 0.422 e. The molecule has 2 rings (SSSR count). The summed E-state index contributed by atoms with van der Waals surface area (Å²) in [5.74, 6) is -0.482. The monoisotopic (exact) mass is 404 g/mol. The van der Waals surface area contributed by atoms with Gasteiger partial charge in [0.1, 0.15) is 5.75 Å². The molecule has 1 aliphatic rings. The van der Waals surface area contributed by atoms with Crippen LogP contribution in [0.1, 0.15) is 0 Å². The molecule has 1 amide bonds. The van der Waals surface area contributed by atoms with Crippen LogP contribution in [-0.2, 0) is 4.79 Å². The summed E-state index contributed by atoms with van der Waals surface area (Å²) in [5.41, 5.74) is 0.530. The van der Waals surface area contributed by atoms with Crippen molar-refractivity contribution in [1.82, 2.24) is 4.90 Å². The van der Waals surface area contributed by atoms with Crippen molar-refractivity contribution in [2.75, 3.05) is 37.7 Å². The number of halogens is 6. The molecule has 24 heavy (non-hydrogen) atoms. The number of anilines is 1. The fraction of sp³-hybridized carbons (Fsp3) is 0.500. The van der Waals surface area contributed by atoms with Gasteiger partial charge in [0, 0.05) is 26.2 Å². The van der Waals surface area contributed by atoms with Gasteiger partial charge in [-0.25, -0.2) is 0 Å². The number of piperazine rings is 1. The third-order valence-electron chi connectivity index (χ3n) is 3.41. The molecule has 0 saturated carbocycles. The summed E-state index contributed by atoms with van der Waals surface area (Å²) in [4.78, 5) is 15.1. The summed E-state index contributed by atoms with van der Waals surface area (Å²) in [6.45, 7) is -0.00577. The third kappa shape index (κ3) is 5.22. The fourth-order valence-electron chi connectivity index (χ4n) is 2.33. The van der Waals surface area contributed by atoms with Crippen LogP contribution in [0.3, 0.4) is 0 Å². The summed E-state index contributed by atoms with van der Waals surface area (Å²) >= 11 is 16.7. The minimum atomic E-state index is -4.41. The number of benzene rings is 1. The van der Waals surface area contributed by atoms with E-state index in [2.05, 4.69) is 0 Å². The van der Waals surface area contributed by atoms with E-state index in [1.807, 2.05) is 4.90 Å². The van der Waals surface area contributed by atoms with Gasteiger partial charge in [0.2, 0.25) is 0 Å². The Morgan fingerprint density at radius 3 is 2.21 bits per heavy atom. The highest BCUT2D eigenvalue weighted by molar-refractivity contribution is 6.76. The molecule has 4 nitrogen and oxygen atoms in total. The van der Waals surface area contributed by atoms with E-state index in [4.69, 9.17) is 39.5 Å². The number of carbonyl (C=O) groups is 1. The first kappa shape index (κ1) is 19.3. The first-order valence-electron chi connectivity index (χ1n) is 6.97. The van der Waals surface area contributed by atoms with E-state index in [1.54, 1.807) is 18.2 Å². The molecule has 0 spiro atoms. The Kier molecular flexibility index (Phi) is 5.99. The predicted molar refractivity (Wildman–Crippen MR) is 87.1 cm³/mol. The van der Waals surface area contributed by atoms with Crippen molar-refractivity contribution < 1.29 is 22.7 Å². The molecule has 1 saturated heterocycles. The van der Waals surface area contributed by atoms with Crippen LogP contribution in [0.15, 0.2) is 24.3 Å². The molecule has 1 aromatic rings. The van der Waals surface area contributed by atoms with Crippen LogP contribution in [0, 0.1) is 0 Å². The lowest BCUT2D eigenvalue weighted by Gasteiger charge is -2.37. The van der Waals surface area contributed by atoms with E-state index in [9.17, 15) is 18.0 Å². The molecule has 0 aliphatic carbocycles. The molecule has 0 bridgehead atoms. The zero-order valence-electron chi connectivity index (χ0n) is 12.3. The van der Waals surface area contributed by atoms with Gasteiger partial charge in [-0.2, -0.15) is 13.2 Å². The minimum Gasteiger partial charge on any atom is -0.482 e. The number of ether oxygens (including phenoxy) is 1. The fourth-order valence-corrected chi connectivity index (χ4v) is 2.69. The van der Waals surface area contributed by atoms with Crippen LogP contribution in [0.4, 0.5) is 18.9 Å². The van der Waals surface area contributed by atoms with Gasteiger partial charge >= 0.3 is 6.18 Å². The number of rotatable bonds is 3. The number of hydrogen-bond donors (Lipinski definition) is 0. The molecular weight excluding hydrogens is 392 g/mol. The van der Waals surface area contributed by atoms with Crippen molar-refractivity contribution in [3.8, 4) is 5.75 Å². The van der Waals surface area contributed by atoms with Crippen molar-refractivity contribution in [2.24, 2.45) is 0 Å². The van der Waals surface area contributed by atoms with Gasteiger partial charge in [-0.3, -0.25) is 4.79 Å². The lowest BCUT2D eigenvalue weighted by Crippen LogP contribution is -2.51. The van der Waals surface area contributed by atoms with Crippen LogP contribution >= 0.6 is 34.8 Å². The van der Waals surface area contributed by atoms with Gasteiger partial charge < -0.3 is 14.5 Å². The van der Waals surface area contributed by atoms with Gasteiger partial charge in [0.15, 0.2) is 6.61 Å². The Morgan fingerprint density at radius 2 is 1.67 bits per heavy atom. The quantitative estimate of drug-likeness (QED) is 0.720. The lowest BCUT2D eigenvalue weighted by molar-refractivity contribution is -0.153. The van der Waals surface area contributed by atoms with Gasteiger partial charge in [0.25, 0.3) is 9.70 Å². The van der Waals surface area contributed by atoms with Gasteiger partial charge in [-0.15, -0.1) is 0 Å². The molecule has 0 radical (unpaired) electrons. The Balaban J connectivity index is 2.03. The van der Waals surface area contributed by atoms with Crippen molar-refractivity contribution in [1.29, 1.82) is 0 Å². The van der Waals surface area contributed by atoms with Crippen molar-refractivity contribution in [3.05, 3.63) is 24.3 Å². The molecule has 0 aromatic heterocycles. The molecule has 0 atom stereocenters. The standard InChI is InChI=1S/C14H14Cl3F3N2O2/c15-14(16,17)12(23)22-7-5-21(6-8-22)10-3-1-2-4-11(10)24-9-13(18,19)20/h1-4H,5-9H2. The highest BCUT2D eigenvalue weighted by atomic mass is 35.6. The minimum absolute atomic E-state index is 0.135.